The number of aromatic nitrogens is 5. The summed E-state index contributed by atoms with van der Waals surface area (Å²) in [5.41, 5.74) is 0.993. The van der Waals surface area contributed by atoms with Crippen molar-refractivity contribution >= 4 is 5.91 Å². The molecule has 28 heavy (non-hydrogen) atoms. The zero-order valence-electron chi connectivity index (χ0n) is 16.1. The summed E-state index contributed by atoms with van der Waals surface area (Å²) < 4.78 is 10.3. The number of allylic oxidation sites excluding steroid dienone is 1. The van der Waals surface area contributed by atoms with Gasteiger partial charge >= 0.3 is 0 Å². The van der Waals surface area contributed by atoms with Gasteiger partial charge in [0.25, 0.3) is 0 Å². The quantitative estimate of drug-likeness (QED) is 0.736. The van der Waals surface area contributed by atoms with Gasteiger partial charge < -0.3 is 14.2 Å². The molecule has 1 saturated heterocycles. The number of amides is 1. The Hall–Kier alpha value is -2.48. The lowest BCUT2D eigenvalue weighted by molar-refractivity contribution is -0.132. The first-order valence-electron chi connectivity index (χ1n) is 10.2. The highest BCUT2D eigenvalue weighted by atomic mass is 16.5. The summed E-state index contributed by atoms with van der Waals surface area (Å²) in [6.07, 6.45) is 11.6. The number of aryl methyl sites for hydroxylation is 2. The molecular weight excluding hydrogens is 356 g/mol. The Morgan fingerprint density at radius 1 is 1.29 bits per heavy atom. The van der Waals surface area contributed by atoms with Crippen LogP contribution in [-0.2, 0) is 35.6 Å². The highest BCUT2D eigenvalue weighted by Gasteiger charge is 2.44. The van der Waals surface area contributed by atoms with E-state index < -0.39 is 0 Å². The van der Waals surface area contributed by atoms with Gasteiger partial charge in [-0.1, -0.05) is 11.6 Å². The number of carbonyl (C=O) groups excluding carboxylic acids is 1. The summed E-state index contributed by atoms with van der Waals surface area (Å²) in [6.45, 7) is 3.39. The molecule has 1 spiro atoms. The third-order valence-corrected chi connectivity index (χ3v) is 6.16. The fraction of sp³-hybridized carbons (Fsp3) is 0.600. The maximum atomic E-state index is 12.7. The summed E-state index contributed by atoms with van der Waals surface area (Å²) in [5.74, 6) is 2.08. The lowest BCUT2D eigenvalue weighted by atomic mass is 10.0. The van der Waals surface area contributed by atoms with Crippen molar-refractivity contribution in [2.75, 3.05) is 13.1 Å². The van der Waals surface area contributed by atoms with Gasteiger partial charge in [0.05, 0.1) is 13.1 Å². The van der Waals surface area contributed by atoms with Crippen LogP contribution in [0.15, 0.2) is 30.1 Å². The van der Waals surface area contributed by atoms with E-state index in [-0.39, 0.29) is 11.5 Å². The summed E-state index contributed by atoms with van der Waals surface area (Å²) >= 11 is 0. The molecule has 8 heteroatoms. The van der Waals surface area contributed by atoms with Crippen molar-refractivity contribution in [2.24, 2.45) is 0 Å². The molecule has 4 heterocycles. The Balaban J connectivity index is 1.25. The molecule has 1 amide bonds. The van der Waals surface area contributed by atoms with Crippen LogP contribution in [0.1, 0.15) is 43.8 Å². The topological polar surface area (TPSA) is 78.1 Å². The highest BCUT2D eigenvalue weighted by Crippen LogP contribution is 2.33. The van der Waals surface area contributed by atoms with Crippen LogP contribution >= 0.6 is 0 Å². The monoisotopic (exact) mass is 382 g/mol. The van der Waals surface area contributed by atoms with Crippen molar-refractivity contribution in [2.45, 2.75) is 63.8 Å². The van der Waals surface area contributed by atoms with Crippen LogP contribution in [0.25, 0.3) is 0 Å². The molecule has 0 N–H and O–H groups in total. The van der Waals surface area contributed by atoms with Crippen molar-refractivity contribution in [1.29, 1.82) is 0 Å². The second-order valence-electron chi connectivity index (χ2n) is 8.11. The van der Waals surface area contributed by atoms with Crippen LogP contribution in [0.3, 0.4) is 0 Å². The molecule has 5 rings (SSSR count). The van der Waals surface area contributed by atoms with E-state index in [1.807, 2.05) is 21.8 Å². The van der Waals surface area contributed by atoms with Gasteiger partial charge in [0.1, 0.15) is 18.0 Å². The van der Waals surface area contributed by atoms with Crippen LogP contribution in [0.5, 0.6) is 0 Å². The molecule has 3 aliphatic rings. The number of nitrogens with zero attached hydrogens (tertiary/aromatic N) is 6. The van der Waals surface area contributed by atoms with E-state index in [1.165, 1.54) is 12.0 Å². The number of fused-ring (bicyclic) bond motifs is 1. The van der Waals surface area contributed by atoms with Gasteiger partial charge in [-0.2, -0.15) is 5.10 Å². The summed E-state index contributed by atoms with van der Waals surface area (Å²) in [5, 5.41) is 12.9. The molecule has 0 aromatic carbocycles. The molecule has 2 aliphatic heterocycles. The van der Waals surface area contributed by atoms with Crippen LogP contribution in [0, 0.1) is 0 Å². The molecule has 1 fully saturated rings. The molecule has 0 bridgehead atoms. The van der Waals surface area contributed by atoms with Crippen molar-refractivity contribution < 1.29 is 9.53 Å². The van der Waals surface area contributed by atoms with Crippen LogP contribution < -0.4 is 0 Å². The minimum absolute atomic E-state index is 0.238. The predicted molar refractivity (Wildman–Crippen MR) is 101 cm³/mol. The van der Waals surface area contributed by atoms with E-state index in [9.17, 15) is 4.79 Å². The molecule has 0 saturated carbocycles. The minimum atomic E-state index is -0.310. The van der Waals surface area contributed by atoms with Crippen molar-refractivity contribution in [3.63, 3.8) is 0 Å². The van der Waals surface area contributed by atoms with E-state index in [1.54, 1.807) is 6.20 Å². The molecule has 1 aliphatic carbocycles. The number of hydrogen-bond donors (Lipinski definition) is 0. The van der Waals surface area contributed by atoms with Gasteiger partial charge in [-0.25, -0.2) is 0 Å². The van der Waals surface area contributed by atoms with Gasteiger partial charge in [-0.05, 0) is 31.7 Å². The van der Waals surface area contributed by atoms with Gasteiger partial charge in [0, 0.05) is 38.3 Å². The maximum Gasteiger partial charge on any atom is 0.226 e. The average molecular weight is 382 g/mol. The SMILES string of the molecule is O=C(CC1=CCCC1)N1CCC2(C1)Cn1c(CCn3cccn3)nnc1CO2. The zero-order chi connectivity index (χ0) is 19.0. The third kappa shape index (κ3) is 3.37. The Morgan fingerprint density at radius 3 is 3.07 bits per heavy atom. The number of rotatable bonds is 5. The van der Waals surface area contributed by atoms with Gasteiger partial charge in [0.15, 0.2) is 5.82 Å². The Bertz CT molecular complexity index is 887. The lowest BCUT2D eigenvalue weighted by Crippen LogP contribution is -2.45. The second kappa shape index (κ2) is 7.16. The summed E-state index contributed by atoms with van der Waals surface area (Å²) in [4.78, 5) is 14.7. The second-order valence-corrected chi connectivity index (χ2v) is 8.11. The number of ether oxygens (including phenoxy) is 1. The molecule has 148 valence electrons. The molecule has 1 atom stereocenters. The first kappa shape index (κ1) is 17.6. The van der Waals surface area contributed by atoms with E-state index in [4.69, 9.17) is 4.74 Å². The Kier molecular flexibility index (Phi) is 4.50. The Labute approximate surface area is 164 Å². The van der Waals surface area contributed by atoms with Gasteiger partial charge in [-0.3, -0.25) is 9.48 Å². The van der Waals surface area contributed by atoms with Crippen molar-refractivity contribution in [3.8, 4) is 0 Å². The molecule has 0 radical (unpaired) electrons. The molecule has 1 unspecified atom stereocenters. The molecular formula is C20H26N6O2. The van der Waals surface area contributed by atoms with Crippen LogP contribution in [0.2, 0.25) is 0 Å². The maximum absolute atomic E-state index is 12.7. The van der Waals surface area contributed by atoms with Crippen LogP contribution in [0.4, 0.5) is 0 Å². The van der Waals surface area contributed by atoms with E-state index in [0.717, 1.165) is 57.0 Å². The highest BCUT2D eigenvalue weighted by molar-refractivity contribution is 5.79. The fourth-order valence-electron chi connectivity index (χ4n) is 4.55. The first-order chi connectivity index (χ1) is 13.7. The minimum Gasteiger partial charge on any atom is -0.363 e. The molecule has 8 nitrogen and oxygen atoms in total. The third-order valence-electron chi connectivity index (χ3n) is 6.16. The zero-order valence-corrected chi connectivity index (χ0v) is 16.1. The molecule has 2 aromatic heterocycles. The van der Waals surface area contributed by atoms with Crippen LogP contribution in [-0.4, -0.2) is 54.0 Å². The normalized spacial score (nSPS) is 24.0. The smallest absolute Gasteiger partial charge is 0.226 e. The predicted octanol–water partition coefficient (Wildman–Crippen LogP) is 1.72. The van der Waals surface area contributed by atoms with Crippen molar-refractivity contribution in [1.82, 2.24) is 29.4 Å². The van der Waals surface area contributed by atoms with Crippen molar-refractivity contribution in [3.05, 3.63) is 41.8 Å². The number of carbonyl (C=O) groups is 1. The number of likely N-dealkylation sites (tertiary alicyclic amines) is 1. The standard InChI is InChI=1S/C20H26N6O2/c27-19(12-16-4-1-2-5-16)24-11-7-20(14-24)15-26-17(22-23-18(26)13-28-20)6-10-25-9-3-8-21-25/h3-4,8-9H,1-2,5-7,10-15H2. The lowest BCUT2D eigenvalue weighted by Gasteiger charge is -2.34. The fourth-order valence-corrected chi connectivity index (χ4v) is 4.55. The van der Waals surface area contributed by atoms with E-state index in [2.05, 4.69) is 25.9 Å². The van der Waals surface area contributed by atoms with E-state index >= 15 is 0 Å². The summed E-state index contributed by atoms with van der Waals surface area (Å²) in [7, 11) is 0. The first-order valence-corrected chi connectivity index (χ1v) is 10.2. The molecule has 2 aromatic rings. The average Bonchev–Trinajstić information content (AvgIpc) is 3.49. The van der Waals surface area contributed by atoms with E-state index in [0.29, 0.717) is 19.6 Å². The van der Waals surface area contributed by atoms with Gasteiger partial charge in [-0.15, -0.1) is 10.2 Å². The van der Waals surface area contributed by atoms with Gasteiger partial charge in [0.2, 0.25) is 5.91 Å². The summed E-state index contributed by atoms with van der Waals surface area (Å²) in [6, 6.07) is 1.92. The largest absolute Gasteiger partial charge is 0.363 e. The number of hydrogen-bond acceptors (Lipinski definition) is 5. The Morgan fingerprint density at radius 2 is 2.25 bits per heavy atom.